The lowest BCUT2D eigenvalue weighted by atomic mass is 10.2. The Morgan fingerprint density at radius 2 is 1.91 bits per heavy atom. The van der Waals surface area contributed by atoms with E-state index >= 15 is 0 Å². The maximum absolute atomic E-state index is 11.9. The predicted octanol–water partition coefficient (Wildman–Crippen LogP) is 2.96. The van der Waals surface area contributed by atoms with Gasteiger partial charge in [0.1, 0.15) is 19.0 Å². The second-order valence-corrected chi connectivity index (χ2v) is 5.29. The monoisotopic (exact) mass is 308 g/mol. The summed E-state index contributed by atoms with van der Waals surface area (Å²) in [6.45, 7) is 1.34. The molecule has 1 atom stereocenters. The molecular formula is C18H16N2O3. The Balaban J connectivity index is 1.40. The quantitative estimate of drug-likeness (QED) is 0.797. The summed E-state index contributed by atoms with van der Waals surface area (Å²) in [6, 6.07) is 18.6. The topological polar surface area (TPSA) is 62.3 Å². The number of benzene rings is 2. The van der Waals surface area contributed by atoms with Gasteiger partial charge in [0.25, 0.3) is 0 Å². The van der Waals surface area contributed by atoms with Crippen molar-refractivity contribution in [1.29, 1.82) is 5.26 Å². The first-order valence-corrected chi connectivity index (χ1v) is 7.36. The lowest BCUT2D eigenvalue weighted by Crippen LogP contribution is -2.18. The number of carbonyl (C=O) groups is 1. The first kappa shape index (κ1) is 14.9. The smallest absolute Gasteiger partial charge is 0.410 e. The van der Waals surface area contributed by atoms with Crippen LogP contribution in [0.3, 0.4) is 0 Å². The molecule has 0 aromatic heterocycles. The van der Waals surface area contributed by atoms with E-state index in [0.717, 1.165) is 5.56 Å². The number of hydrogen-bond donors (Lipinski definition) is 0. The molecular weight excluding hydrogens is 292 g/mol. The molecule has 0 saturated carbocycles. The van der Waals surface area contributed by atoms with Gasteiger partial charge in [-0.2, -0.15) is 5.26 Å². The molecule has 1 unspecified atom stereocenters. The van der Waals surface area contributed by atoms with Crippen molar-refractivity contribution < 1.29 is 14.3 Å². The fraction of sp³-hybridized carbons (Fsp3) is 0.222. The van der Waals surface area contributed by atoms with Gasteiger partial charge in [-0.05, 0) is 29.8 Å². The molecule has 2 aromatic carbocycles. The fourth-order valence-corrected chi connectivity index (χ4v) is 2.17. The van der Waals surface area contributed by atoms with E-state index < -0.39 is 0 Å². The molecule has 0 aliphatic carbocycles. The molecule has 2 aromatic rings. The van der Waals surface area contributed by atoms with Crippen LogP contribution in [0.25, 0.3) is 0 Å². The normalized spacial score (nSPS) is 15.6. The van der Waals surface area contributed by atoms with E-state index in [-0.39, 0.29) is 18.7 Å². The summed E-state index contributed by atoms with van der Waals surface area (Å²) in [4.78, 5) is 13.5. The minimum absolute atomic E-state index is 0.0499. The molecule has 1 amide bonds. The number of ether oxygens (including phenoxy) is 2. The van der Waals surface area contributed by atoms with E-state index in [2.05, 4.69) is 6.07 Å². The van der Waals surface area contributed by atoms with Crippen molar-refractivity contribution in [3.05, 3.63) is 65.7 Å². The molecule has 0 N–H and O–H groups in total. The Morgan fingerprint density at radius 3 is 2.61 bits per heavy atom. The Labute approximate surface area is 134 Å². The van der Waals surface area contributed by atoms with Gasteiger partial charge in [-0.15, -0.1) is 0 Å². The van der Waals surface area contributed by atoms with Crippen molar-refractivity contribution >= 4 is 6.09 Å². The Hall–Kier alpha value is -3.00. The SMILES string of the molecule is N#Cc1ccc(OCC2CN2C(=O)OCc2ccccc2)cc1. The first-order valence-electron chi connectivity index (χ1n) is 7.36. The third-order valence-electron chi connectivity index (χ3n) is 3.58. The van der Waals surface area contributed by atoms with Crippen LogP contribution >= 0.6 is 0 Å². The summed E-state index contributed by atoms with van der Waals surface area (Å²) in [7, 11) is 0. The van der Waals surface area contributed by atoms with Crippen LogP contribution in [0, 0.1) is 11.3 Å². The summed E-state index contributed by atoms with van der Waals surface area (Å²) in [5.41, 5.74) is 1.56. The molecule has 0 radical (unpaired) electrons. The van der Waals surface area contributed by atoms with Crippen LogP contribution in [0.2, 0.25) is 0 Å². The van der Waals surface area contributed by atoms with E-state index in [1.807, 2.05) is 30.3 Å². The van der Waals surface area contributed by atoms with Crippen molar-refractivity contribution in [2.75, 3.05) is 13.2 Å². The number of nitrogens with zero attached hydrogens (tertiary/aromatic N) is 2. The average Bonchev–Trinajstić information content (AvgIpc) is 3.39. The van der Waals surface area contributed by atoms with Crippen LogP contribution in [-0.4, -0.2) is 30.2 Å². The lowest BCUT2D eigenvalue weighted by Gasteiger charge is -2.08. The highest BCUT2D eigenvalue weighted by Gasteiger charge is 2.40. The third-order valence-corrected chi connectivity index (χ3v) is 3.58. The second kappa shape index (κ2) is 6.84. The molecule has 0 bridgehead atoms. The van der Waals surface area contributed by atoms with Gasteiger partial charge in [-0.3, -0.25) is 4.90 Å². The molecule has 1 aliphatic rings. The van der Waals surface area contributed by atoms with Crippen LogP contribution < -0.4 is 4.74 Å². The Bertz CT molecular complexity index is 707. The van der Waals surface area contributed by atoms with Gasteiger partial charge in [-0.25, -0.2) is 4.79 Å². The number of amides is 1. The van der Waals surface area contributed by atoms with Gasteiger partial charge >= 0.3 is 6.09 Å². The van der Waals surface area contributed by atoms with Gasteiger partial charge in [-0.1, -0.05) is 30.3 Å². The third kappa shape index (κ3) is 4.01. The average molecular weight is 308 g/mol. The van der Waals surface area contributed by atoms with Crippen LogP contribution in [-0.2, 0) is 11.3 Å². The van der Waals surface area contributed by atoms with Crippen LogP contribution in [0.4, 0.5) is 4.79 Å². The molecule has 23 heavy (non-hydrogen) atoms. The van der Waals surface area contributed by atoms with Crippen molar-refractivity contribution in [1.82, 2.24) is 4.90 Å². The van der Waals surface area contributed by atoms with E-state index in [1.165, 1.54) is 0 Å². The molecule has 5 nitrogen and oxygen atoms in total. The lowest BCUT2D eigenvalue weighted by molar-refractivity contribution is 0.120. The maximum Gasteiger partial charge on any atom is 0.410 e. The standard InChI is InChI=1S/C18H16N2O3/c19-10-14-6-8-17(9-7-14)22-13-16-11-20(16)18(21)23-12-15-4-2-1-3-5-15/h1-9,16H,11-13H2. The zero-order chi connectivity index (χ0) is 16.1. The first-order chi connectivity index (χ1) is 11.3. The Morgan fingerprint density at radius 1 is 1.17 bits per heavy atom. The summed E-state index contributed by atoms with van der Waals surface area (Å²) in [5.74, 6) is 0.688. The zero-order valence-corrected chi connectivity index (χ0v) is 12.5. The Kier molecular flexibility index (Phi) is 4.44. The summed E-state index contributed by atoms with van der Waals surface area (Å²) >= 11 is 0. The molecule has 3 rings (SSSR count). The van der Waals surface area contributed by atoms with E-state index in [4.69, 9.17) is 14.7 Å². The molecule has 1 aliphatic heterocycles. The highest BCUT2D eigenvalue weighted by Crippen LogP contribution is 2.21. The minimum atomic E-state index is -0.317. The van der Waals surface area contributed by atoms with Crippen molar-refractivity contribution in [2.24, 2.45) is 0 Å². The largest absolute Gasteiger partial charge is 0.491 e. The molecule has 0 spiro atoms. The van der Waals surface area contributed by atoms with Gasteiger partial charge in [0.15, 0.2) is 0 Å². The van der Waals surface area contributed by atoms with Crippen molar-refractivity contribution in [2.45, 2.75) is 12.6 Å². The molecule has 5 heteroatoms. The van der Waals surface area contributed by atoms with Crippen LogP contribution in [0.15, 0.2) is 54.6 Å². The molecule has 1 fully saturated rings. The second-order valence-electron chi connectivity index (χ2n) is 5.29. The highest BCUT2D eigenvalue weighted by atomic mass is 16.6. The minimum Gasteiger partial charge on any atom is -0.491 e. The van der Waals surface area contributed by atoms with Gasteiger partial charge in [0.05, 0.1) is 17.7 Å². The van der Waals surface area contributed by atoms with Crippen molar-refractivity contribution in [3.63, 3.8) is 0 Å². The summed E-state index contributed by atoms with van der Waals surface area (Å²) in [6.07, 6.45) is -0.317. The van der Waals surface area contributed by atoms with Crippen LogP contribution in [0.5, 0.6) is 5.75 Å². The van der Waals surface area contributed by atoms with Crippen molar-refractivity contribution in [3.8, 4) is 11.8 Å². The van der Waals surface area contributed by atoms with Gasteiger partial charge in [0, 0.05) is 6.54 Å². The zero-order valence-electron chi connectivity index (χ0n) is 12.5. The van der Waals surface area contributed by atoms with E-state index in [1.54, 1.807) is 29.2 Å². The fourth-order valence-electron chi connectivity index (χ4n) is 2.17. The molecule has 1 heterocycles. The molecule has 116 valence electrons. The maximum atomic E-state index is 11.9. The summed E-state index contributed by atoms with van der Waals surface area (Å²) in [5, 5.41) is 8.74. The highest BCUT2D eigenvalue weighted by molar-refractivity contribution is 5.71. The predicted molar refractivity (Wildman–Crippen MR) is 83.8 cm³/mol. The summed E-state index contributed by atoms with van der Waals surface area (Å²) < 4.78 is 10.9. The van der Waals surface area contributed by atoms with Gasteiger partial charge in [0.2, 0.25) is 0 Å². The van der Waals surface area contributed by atoms with E-state index in [0.29, 0.717) is 24.5 Å². The number of rotatable bonds is 5. The number of nitriles is 1. The number of carbonyl (C=O) groups excluding carboxylic acids is 1. The van der Waals surface area contributed by atoms with Gasteiger partial charge < -0.3 is 9.47 Å². The van der Waals surface area contributed by atoms with Crippen LogP contribution in [0.1, 0.15) is 11.1 Å². The number of hydrogen-bond acceptors (Lipinski definition) is 4. The van der Waals surface area contributed by atoms with E-state index in [9.17, 15) is 4.79 Å². The molecule has 1 saturated heterocycles.